The number of anilines is 2. The number of hydrogen-bond donors (Lipinski definition) is 1. The van der Waals surface area contributed by atoms with E-state index in [-0.39, 0.29) is 11.7 Å². The number of nitrogens with one attached hydrogen (secondary N) is 1. The molecule has 1 aliphatic rings. The molecule has 8 nitrogen and oxygen atoms in total. The molecule has 0 spiro atoms. The summed E-state index contributed by atoms with van der Waals surface area (Å²) in [6, 6.07) is 13.8. The van der Waals surface area contributed by atoms with E-state index in [1.807, 2.05) is 18.2 Å². The van der Waals surface area contributed by atoms with Gasteiger partial charge in [0.05, 0.1) is 22.8 Å². The molecule has 0 radical (unpaired) electrons. The van der Waals surface area contributed by atoms with Crippen molar-refractivity contribution < 1.29 is 13.2 Å². The minimum atomic E-state index is -3.24. The van der Waals surface area contributed by atoms with Crippen LogP contribution < -0.4 is 9.62 Å². The van der Waals surface area contributed by atoms with E-state index in [1.54, 1.807) is 41.3 Å². The zero-order chi connectivity index (χ0) is 18.9. The molecule has 2 aromatic carbocycles. The van der Waals surface area contributed by atoms with Crippen LogP contribution in [0, 0.1) is 0 Å². The highest BCUT2D eigenvalue weighted by Gasteiger charge is 2.28. The average Bonchev–Trinajstić information content (AvgIpc) is 3.31. The third kappa shape index (κ3) is 3.41. The molecule has 1 amide bonds. The molecule has 1 aliphatic heterocycles. The number of aromatic nitrogens is 3. The number of para-hydroxylation sites is 2. The Labute approximate surface area is 156 Å². The third-order valence-corrected chi connectivity index (χ3v) is 6.20. The second kappa shape index (κ2) is 6.84. The van der Waals surface area contributed by atoms with E-state index >= 15 is 0 Å². The van der Waals surface area contributed by atoms with Crippen LogP contribution in [0.1, 0.15) is 16.8 Å². The van der Waals surface area contributed by atoms with Crippen LogP contribution in [-0.2, 0) is 10.0 Å². The maximum atomic E-state index is 12.6. The van der Waals surface area contributed by atoms with Crippen molar-refractivity contribution in [2.75, 3.05) is 21.9 Å². The molecule has 0 unspecified atom stereocenters. The van der Waals surface area contributed by atoms with E-state index in [1.165, 1.54) is 10.6 Å². The summed E-state index contributed by atoms with van der Waals surface area (Å²) in [7, 11) is -3.24. The highest BCUT2D eigenvalue weighted by Crippen LogP contribution is 2.25. The third-order valence-electron chi connectivity index (χ3n) is 4.33. The summed E-state index contributed by atoms with van der Waals surface area (Å²) in [6.45, 7) is 0.471. The van der Waals surface area contributed by atoms with E-state index in [2.05, 4.69) is 15.4 Å². The van der Waals surface area contributed by atoms with Gasteiger partial charge in [-0.1, -0.05) is 12.1 Å². The fourth-order valence-corrected chi connectivity index (χ4v) is 4.58. The van der Waals surface area contributed by atoms with Gasteiger partial charge in [0.25, 0.3) is 5.91 Å². The van der Waals surface area contributed by atoms with Gasteiger partial charge < -0.3 is 5.32 Å². The lowest BCUT2D eigenvalue weighted by Crippen LogP contribution is -2.25. The summed E-state index contributed by atoms with van der Waals surface area (Å²) in [5.74, 6) is -0.132. The molecule has 0 bridgehead atoms. The lowest BCUT2D eigenvalue weighted by Gasteiger charge is -2.17. The fraction of sp³-hybridized carbons (Fsp3) is 0.167. The van der Waals surface area contributed by atoms with Crippen molar-refractivity contribution in [1.29, 1.82) is 0 Å². The van der Waals surface area contributed by atoms with Gasteiger partial charge in [-0.3, -0.25) is 9.10 Å². The molecule has 27 heavy (non-hydrogen) atoms. The average molecular weight is 383 g/mol. The molecular formula is C18H17N5O3S. The van der Waals surface area contributed by atoms with Crippen LogP contribution in [0.25, 0.3) is 5.69 Å². The van der Waals surface area contributed by atoms with Gasteiger partial charge in [-0.2, -0.15) is 5.10 Å². The first-order valence-corrected chi connectivity index (χ1v) is 10.0. The smallest absolute Gasteiger partial charge is 0.255 e. The summed E-state index contributed by atoms with van der Waals surface area (Å²) >= 11 is 0. The predicted molar refractivity (Wildman–Crippen MR) is 102 cm³/mol. The lowest BCUT2D eigenvalue weighted by molar-refractivity contribution is 0.102. The molecule has 1 N–H and O–H groups in total. The molecule has 1 aromatic heterocycles. The van der Waals surface area contributed by atoms with Crippen molar-refractivity contribution >= 4 is 27.3 Å². The van der Waals surface area contributed by atoms with E-state index in [0.717, 1.165) is 0 Å². The molecular weight excluding hydrogens is 366 g/mol. The van der Waals surface area contributed by atoms with Crippen molar-refractivity contribution in [3.05, 3.63) is 66.7 Å². The molecule has 138 valence electrons. The molecule has 0 saturated carbocycles. The molecule has 4 rings (SSSR count). The topological polar surface area (TPSA) is 97.2 Å². The summed E-state index contributed by atoms with van der Waals surface area (Å²) in [4.78, 5) is 16.5. The van der Waals surface area contributed by atoms with Crippen LogP contribution in [0.5, 0.6) is 0 Å². The zero-order valence-electron chi connectivity index (χ0n) is 14.3. The molecule has 2 heterocycles. The number of hydrogen-bond acceptors (Lipinski definition) is 5. The van der Waals surface area contributed by atoms with Gasteiger partial charge in [-0.25, -0.2) is 18.1 Å². The van der Waals surface area contributed by atoms with Gasteiger partial charge in [0.15, 0.2) is 0 Å². The number of benzene rings is 2. The first-order chi connectivity index (χ1) is 13.0. The first kappa shape index (κ1) is 17.2. The molecule has 0 atom stereocenters. The number of carbonyl (C=O) groups excluding carboxylic acids is 1. The Balaban J connectivity index is 1.55. The summed E-state index contributed by atoms with van der Waals surface area (Å²) in [6.07, 6.45) is 3.59. The monoisotopic (exact) mass is 383 g/mol. The fourth-order valence-electron chi connectivity index (χ4n) is 3.01. The van der Waals surface area contributed by atoms with Gasteiger partial charge in [0.1, 0.15) is 12.7 Å². The van der Waals surface area contributed by atoms with Crippen molar-refractivity contribution in [2.24, 2.45) is 0 Å². The SMILES string of the molecule is O=C(Nc1ccccc1-n1cncn1)c1ccc(N2CCCS2(=O)=O)cc1. The van der Waals surface area contributed by atoms with Crippen molar-refractivity contribution in [1.82, 2.24) is 14.8 Å². The van der Waals surface area contributed by atoms with E-state index in [0.29, 0.717) is 35.6 Å². The second-order valence-electron chi connectivity index (χ2n) is 6.10. The van der Waals surface area contributed by atoms with Gasteiger partial charge >= 0.3 is 0 Å². The Bertz CT molecular complexity index is 1060. The Morgan fingerprint density at radius 2 is 1.85 bits per heavy atom. The van der Waals surface area contributed by atoms with E-state index < -0.39 is 10.0 Å². The Hall–Kier alpha value is -3.20. The van der Waals surface area contributed by atoms with Gasteiger partial charge in [-0.05, 0) is 42.8 Å². The summed E-state index contributed by atoms with van der Waals surface area (Å²) < 4.78 is 27.0. The standard InChI is InChI=1S/C18H17N5O3S/c24-18(21-16-4-1-2-5-17(16)22-13-19-12-20-22)14-6-8-15(9-7-14)23-10-3-11-27(23,25)26/h1-2,4-9,12-13H,3,10-11H2,(H,21,24). The maximum Gasteiger partial charge on any atom is 0.255 e. The first-order valence-electron chi connectivity index (χ1n) is 8.40. The molecule has 3 aromatic rings. The van der Waals surface area contributed by atoms with E-state index in [9.17, 15) is 13.2 Å². The normalized spacial score (nSPS) is 15.6. The quantitative estimate of drug-likeness (QED) is 0.744. The molecule has 1 fully saturated rings. The number of sulfonamides is 1. The van der Waals surface area contributed by atoms with Crippen LogP contribution >= 0.6 is 0 Å². The lowest BCUT2D eigenvalue weighted by atomic mass is 10.1. The van der Waals surface area contributed by atoms with Gasteiger partial charge in [0, 0.05) is 12.1 Å². The summed E-state index contributed by atoms with van der Waals surface area (Å²) in [5, 5.41) is 6.95. The van der Waals surface area contributed by atoms with Crippen molar-refractivity contribution in [3.63, 3.8) is 0 Å². The van der Waals surface area contributed by atoms with Crippen LogP contribution in [0.4, 0.5) is 11.4 Å². The maximum absolute atomic E-state index is 12.6. The highest BCUT2D eigenvalue weighted by atomic mass is 32.2. The van der Waals surface area contributed by atoms with Gasteiger partial charge in [0.2, 0.25) is 10.0 Å². The van der Waals surface area contributed by atoms with Crippen LogP contribution in [0.3, 0.4) is 0 Å². The largest absolute Gasteiger partial charge is 0.320 e. The number of amides is 1. The highest BCUT2D eigenvalue weighted by molar-refractivity contribution is 7.93. The molecule has 1 saturated heterocycles. The second-order valence-corrected chi connectivity index (χ2v) is 8.11. The van der Waals surface area contributed by atoms with Crippen LogP contribution in [0.2, 0.25) is 0 Å². The Morgan fingerprint density at radius 3 is 2.52 bits per heavy atom. The van der Waals surface area contributed by atoms with Crippen molar-refractivity contribution in [2.45, 2.75) is 6.42 Å². The molecule has 0 aliphatic carbocycles. The minimum absolute atomic E-state index is 0.161. The number of carbonyl (C=O) groups is 1. The predicted octanol–water partition coefficient (Wildman–Crippen LogP) is 2.06. The van der Waals surface area contributed by atoms with Gasteiger partial charge in [-0.15, -0.1) is 0 Å². The van der Waals surface area contributed by atoms with E-state index in [4.69, 9.17) is 0 Å². The molecule has 9 heteroatoms. The van der Waals surface area contributed by atoms with Crippen molar-refractivity contribution in [3.8, 4) is 5.69 Å². The zero-order valence-corrected chi connectivity index (χ0v) is 15.1. The Kier molecular flexibility index (Phi) is 4.36. The number of nitrogens with zero attached hydrogens (tertiary/aromatic N) is 4. The number of rotatable bonds is 4. The summed E-state index contributed by atoms with van der Waals surface area (Å²) in [5.41, 5.74) is 2.30. The minimum Gasteiger partial charge on any atom is -0.320 e. The Morgan fingerprint density at radius 1 is 1.07 bits per heavy atom. The van der Waals surface area contributed by atoms with Crippen LogP contribution in [0.15, 0.2) is 61.2 Å². The van der Waals surface area contributed by atoms with Crippen LogP contribution in [-0.4, -0.2) is 41.4 Å².